The van der Waals surface area contributed by atoms with Crippen molar-refractivity contribution in [3.05, 3.63) is 31.3 Å². The highest BCUT2D eigenvalue weighted by atomic mass is 35.5. The molecule has 0 aromatic carbocycles. The van der Waals surface area contributed by atoms with Gasteiger partial charge in [0.05, 0.1) is 5.02 Å². The molecule has 1 heterocycles. The number of rotatable bonds is 6. The number of unbranched alkanes of at least 4 members (excludes halogenated alkanes) is 1. The largest absolute Gasteiger partial charge is 0.351 e. The van der Waals surface area contributed by atoms with Crippen molar-refractivity contribution in [3.63, 3.8) is 0 Å². The summed E-state index contributed by atoms with van der Waals surface area (Å²) in [6.45, 7) is 2.90. The smallest absolute Gasteiger partial charge is 0.262 e. The van der Waals surface area contributed by atoms with Gasteiger partial charge < -0.3 is 5.32 Å². The highest BCUT2D eigenvalue weighted by Gasteiger charge is 2.13. The van der Waals surface area contributed by atoms with E-state index >= 15 is 0 Å². The highest BCUT2D eigenvalue weighted by Crippen LogP contribution is 2.26. The molecule has 1 N–H and O–H groups in total. The third-order valence-electron chi connectivity index (χ3n) is 2.14. The topological polar surface area (TPSA) is 77.9 Å². The lowest BCUT2D eigenvalue weighted by molar-refractivity contribution is 0.0957. The molecule has 1 amide bonds. The zero-order chi connectivity index (χ0) is 12.7. The van der Waals surface area contributed by atoms with Gasteiger partial charge in [-0.15, -0.1) is 11.3 Å². The predicted molar refractivity (Wildman–Crippen MR) is 69.6 cm³/mol. The maximum atomic E-state index is 11.7. The fraction of sp³-hybridized carbons (Fsp3) is 0.500. The van der Waals surface area contributed by atoms with E-state index in [1.807, 2.05) is 12.3 Å². The molecule has 1 aromatic rings. The number of thiophene rings is 1. The van der Waals surface area contributed by atoms with Crippen molar-refractivity contribution in [1.82, 2.24) is 5.32 Å². The van der Waals surface area contributed by atoms with Crippen molar-refractivity contribution < 1.29 is 4.79 Å². The summed E-state index contributed by atoms with van der Waals surface area (Å²) in [5, 5.41) is 8.58. The molecule has 0 aliphatic carbocycles. The Morgan fingerprint density at radius 3 is 3.00 bits per heavy atom. The van der Waals surface area contributed by atoms with Gasteiger partial charge in [-0.1, -0.05) is 16.7 Å². The average Bonchev–Trinajstić information content (AvgIpc) is 2.64. The van der Waals surface area contributed by atoms with Crippen molar-refractivity contribution in [2.75, 3.05) is 13.1 Å². The van der Waals surface area contributed by atoms with E-state index in [9.17, 15) is 4.79 Å². The maximum Gasteiger partial charge on any atom is 0.262 e. The summed E-state index contributed by atoms with van der Waals surface area (Å²) < 4.78 is 0. The second-order valence-corrected chi connectivity index (χ2v) is 4.74. The van der Waals surface area contributed by atoms with Gasteiger partial charge in [0.25, 0.3) is 5.91 Å². The normalized spacial score (nSPS) is 9.76. The lowest BCUT2D eigenvalue weighted by atomic mass is 10.3. The number of nitrogens with zero attached hydrogens (tertiary/aromatic N) is 3. The highest BCUT2D eigenvalue weighted by molar-refractivity contribution is 7.13. The summed E-state index contributed by atoms with van der Waals surface area (Å²) in [5.74, 6) is -0.142. The minimum Gasteiger partial charge on any atom is -0.351 e. The Morgan fingerprint density at radius 1 is 1.65 bits per heavy atom. The molecule has 0 fully saturated rings. The van der Waals surface area contributed by atoms with E-state index in [-0.39, 0.29) is 5.91 Å². The molecule has 7 heteroatoms. The summed E-state index contributed by atoms with van der Waals surface area (Å²) in [6.07, 6.45) is 1.55. The van der Waals surface area contributed by atoms with Crippen LogP contribution in [0.5, 0.6) is 0 Å². The lowest BCUT2D eigenvalue weighted by Crippen LogP contribution is -2.23. The average molecular weight is 273 g/mol. The number of amides is 1. The number of hydrogen-bond donors (Lipinski definition) is 1. The van der Waals surface area contributed by atoms with E-state index in [1.54, 1.807) is 0 Å². The van der Waals surface area contributed by atoms with E-state index in [0.29, 0.717) is 23.0 Å². The summed E-state index contributed by atoms with van der Waals surface area (Å²) in [5.41, 5.74) is 8.99. The fourth-order valence-corrected chi connectivity index (χ4v) is 2.41. The molecule has 17 heavy (non-hydrogen) atoms. The van der Waals surface area contributed by atoms with Crippen molar-refractivity contribution in [2.45, 2.75) is 19.8 Å². The molecule has 0 saturated carbocycles. The molecular formula is C10H13ClN4OS. The first-order valence-electron chi connectivity index (χ1n) is 5.19. The number of carbonyl (C=O) groups excluding carboxylic acids is 1. The van der Waals surface area contributed by atoms with Crippen molar-refractivity contribution in [1.29, 1.82) is 0 Å². The molecule has 0 bridgehead atoms. The Hall–Kier alpha value is -1.23. The summed E-state index contributed by atoms with van der Waals surface area (Å²) in [7, 11) is 0. The summed E-state index contributed by atoms with van der Waals surface area (Å²) >= 11 is 7.33. The summed E-state index contributed by atoms with van der Waals surface area (Å²) in [6, 6.07) is 0. The monoisotopic (exact) mass is 272 g/mol. The molecule has 0 unspecified atom stereocenters. The fourth-order valence-electron chi connectivity index (χ4n) is 1.22. The van der Waals surface area contributed by atoms with Gasteiger partial charge in [-0.2, -0.15) is 0 Å². The molecule has 0 radical (unpaired) electrons. The van der Waals surface area contributed by atoms with Gasteiger partial charge in [-0.05, 0) is 36.2 Å². The number of halogens is 1. The van der Waals surface area contributed by atoms with Crippen LogP contribution in [0.3, 0.4) is 0 Å². The zero-order valence-electron chi connectivity index (χ0n) is 9.44. The van der Waals surface area contributed by atoms with Crippen molar-refractivity contribution in [3.8, 4) is 0 Å². The second kappa shape index (κ2) is 7.17. The Labute approximate surface area is 108 Å². The van der Waals surface area contributed by atoms with Crippen LogP contribution in [0.15, 0.2) is 10.5 Å². The standard InChI is InChI=1S/C10H13ClN4OS/c1-7-6-17-9(8(7)11)10(16)13-4-2-3-5-14-15-12/h6H,2-5H2,1H3,(H,13,16). The maximum absolute atomic E-state index is 11.7. The van der Waals surface area contributed by atoms with E-state index in [1.165, 1.54) is 11.3 Å². The number of azide groups is 1. The molecular weight excluding hydrogens is 260 g/mol. The SMILES string of the molecule is Cc1csc(C(=O)NCCCCN=[N+]=[N-])c1Cl. The quantitative estimate of drug-likeness (QED) is 0.366. The van der Waals surface area contributed by atoms with E-state index < -0.39 is 0 Å². The second-order valence-electron chi connectivity index (χ2n) is 3.48. The van der Waals surface area contributed by atoms with Crippen LogP contribution in [-0.2, 0) is 0 Å². The van der Waals surface area contributed by atoms with Gasteiger partial charge in [0.1, 0.15) is 4.88 Å². The Morgan fingerprint density at radius 2 is 2.41 bits per heavy atom. The van der Waals surface area contributed by atoms with Gasteiger partial charge in [-0.25, -0.2) is 0 Å². The Bertz CT molecular complexity index is 440. The Balaban J connectivity index is 2.30. The lowest BCUT2D eigenvalue weighted by Gasteiger charge is -2.03. The van der Waals surface area contributed by atoms with Gasteiger partial charge in [-0.3, -0.25) is 4.79 Å². The molecule has 0 aliphatic rings. The minimum absolute atomic E-state index is 0.142. The van der Waals surface area contributed by atoms with Crippen molar-refractivity contribution in [2.24, 2.45) is 5.11 Å². The summed E-state index contributed by atoms with van der Waals surface area (Å²) in [4.78, 5) is 14.9. The van der Waals surface area contributed by atoms with Crippen LogP contribution in [0, 0.1) is 6.92 Å². The molecule has 92 valence electrons. The number of carbonyl (C=O) groups is 1. The van der Waals surface area contributed by atoms with Gasteiger partial charge >= 0.3 is 0 Å². The minimum atomic E-state index is -0.142. The van der Waals surface area contributed by atoms with E-state index in [2.05, 4.69) is 15.3 Å². The van der Waals surface area contributed by atoms with Crippen molar-refractivity contribution >= 4 is 28.8 Å². The number of hydrogen-bond acceptors (Lipinski definition) is 3. The van der Waals surface area contributed by atoms with E-state index in [4.69, 9.17) is 17.1 Å². The number of aryl methyl sites for hydroxylation is 1. The third-order valence-corrected chi connectivity index (χ3v) is 3.83. The van der Waals surface area contributed by atoms with Crippen LogP contribution < -0.4 is 5.32 Å². The molecule has 0 atom stereocenters. The van der Waals surface area contributed by atoms with Gasteiger partial charge in [0.15, 0.2) is 0 Å². The molecule has 0 aliphatic heterocycles. The molecule has 0 spiro atoms. The first-order valence-corrected chi connectivity index (χ1v) is 6.45. The molecule has 0 saturated heterocycles. The van der Waals surface area contributed by atoms with Crippen LogP contribution in [-0.4, -0.2) is 19.0 Å². The number of nitrogens with one attached hydrogen (secondary N) is 1. The van der Waals surface area contributed by atoms with Gasteiger partial charge in [0, 0.05) is 18.0 Å². The first kappa shape index (κ1) is 13.8. The van der Waals surface area contributed by atoms with Crippen LogP contribution in [0.1, 0.15) is 28.1 Å². The third kappa shape index (κ3) is 4.26. The molecule has 1 aromatic heterocycles. The predicted octanol–water partition coefficient (Wildman–Crippen LogP) is 3.53. The van der Waals surface area contributed by atoms with E-state index in [0.717, 1.165) is 18.4 Å². The van der Waals surface area contributed by atoms with Crippen LogP contribution in [0.2, 0.25) is 5.02 Å². The first-order chi connectivity index (χ1) is 8.16. The Kier molecular flexibility index (Phi) is 5.83. The zero-order valence-corrected chi connectivity index (χ0v) is 11.0. The van der Waals surface area contributed by atoms with Crippen LogP contribution in [0.25, 0.3) is 10.4 Å². The van der Waals surface area contributed by atoms with Crippen LogP contribution in [0.4, 0.5) is 0 Å². The molecule has 5 nitrogen and oxygen atoms in total. The van der Waals surface area contributed by atoms with Crippen LogP contribution >= 0.6 is 22.9 Å². The molecule has 1 rings (SSSR count). The van der Waals surface area contributed by atoms with Gasteiger partial charge in [0.2, 0.25) is 0 Å².